The molecule has 27 heavy (non-hydrogen) atoms. The molecule has 0 unspecified atom stereocenters. The molecule has 7 nitrogen and oxygen atoms in total. The van der Waals surface area contributed by atoms with Gasteiger partial charge in [0.25, 0.3) is 11.8 Å². The average molecular weight is 364 g/mol. The topological polar surface area (TPSA) is 103 Å². The van der Waals surface area contributed by atoms with Crippen molar-refractivity contribution in [3.63, 3.8) is 0 Å². The van der Waals surface area contributed by atoms with Crippen molar-refractivity contribution in [1.82, 2.24) is 15.1 Å². The minimum absolute atomic E-state index is 0.0918. The summed E-state index contributed by atoms with van der Waals surface area (Å²) in [5.41, 5.74) is 6.57. The summed E-state index contributed by atoms with van der Waals surface area (Å²) in [4.78, 5) is 23.8. The van der Waals surface area contributed by atoms with Gasteiger partial charge in [-0.1, -0.05) is 12.1 Å². The molecule has 1 aliphatic rings. The highest BCUT2D eigenvalue weighted by molar-refractivity contribution is 5.95. The standard InChI is InChI=1S/C20H20N4O3/c21-18(25)17-6-5-16(27-17)14-3-1-4-15(11-14)19(26)22-12-20(7-8-20)13-24-10-2-9-23-24/h1-6,9-11H,7-8,12-13H2,(H2,21,25)(H,22,26). The molecule has 0 spiro atoms. The van der Waals surface area contributed by atoms with Crippen molar-refractivity contribution in [3.8, 4) is 11.3 Å². The maximum Gasteiger partial charge on any atom is 0.284 e. The number of aromatic nitrogens is 2. The zero-order valence-electron chi connectivity index (χ0n) is 14.7. The van der Waals surface area contributed by atoms with E-state index >= 15 is 0 Å². The second kappa shape index (κ2) is 6.75. The van der Waals surface area contributed by atoms with Crippen LogP contribution in [0.2, 0.25) is 0 Å². The number of primary amides is 1. The molecule has 3 N–H and O–H groups in total. The van der Waals surface area contributed by atoms with Crippen molar-refractivity contribution < 1.29 is 14.0 Å². The lowest BCUT2D eigenvalue weighted by Gasteiger charge is -2.16. The minimum atomic E-state index is -0.623. The Morgan fingerprint density at radius 1 is 1.22 bits per heavy atom. The van der Waals surface area contributed by atoms with E-state index in [9.17, 15) is 9.59 Å². The van der Waals surface area contributed by atoms with E-state index in [0.29, 0.717) is 23.4 Å². The number of carbonyl (C=O) groups is 2. The van der Waals surface area contributed by atoms with E-state index < -0.39 is 5.91 Å². The van der Waals surface area contributed by atoms with Crippen molar-refractivity contribution in [2.45, 2.75) is 19.4 Å². The summed E-state index contributed by atoms with van der Waals surface area (Å²) in [6, 6.07) is 12.2. The van der Waals surface area contributed by atoms with Gasteiger partial charge in [-0.25, -0.2) is 0 Å². The second-order valence-electron chi connectivity index (χ2n) is 7.00. The van der Waals surface area contributed by atoms with Gasteiger partial charge in [0.1, 0.15) is 5.76 Å². The van der Waals surface area contributed by atoms with Crippen LogP contribution in [0.25, 0.3) is 11.3 Å². The Kier molecular flexibility index (Phi) is 4.27. The first-order valence-electron chi connectivity index (χ1n) is 8.80. The highest BCUT2D eigenvalue weighted by Gasteiger charge is 2.43. The Morgan fingerprint density at radius 3 is 2.74 bits per heavy atom. The Bertz CT molecular complexity index is 971. The number of nitrogens with zero attached hydrogens (tertiary/aromatic N) is 2. The zero-order valence-corrected chi connectivity index (χ0v) is 14.7. The second-order valence-corrected chi connectivity index (χ2v) is 7.00. The molecule has 1 aromatic carbocycles. The molecule has 0 radical (unpaired) electrons. The van der Waals surface area contributed by atoms with Gasteiger partial charge in [0.15, 0.2) is 5.76 Å². The molecule has 138 valence electrons. The Balaban J connectivity index is 1.42. The predicted molar refractivity (Wildman–Crippen MR) is 98.9 cm³/mol. The fourth-order valence-corrected chi connectivity index (χ4v) is 3.11. The van der Waals surface area contributed by atoms with Crippen LogP contribution in [-0.4, -0.2) is 28.1 Å². The van der Waals surface area contributed by atoms with Crippen LogP contribution in [0.5, 0.6) is 0 Å². The molecule has 0 aliphatic heterocycles. The van der Waals surface area contributed by atoms with Gasteiger partial charge < -0.3 is 15.5 Å². The van der Waals surface area contributed by atoms with Crippen LogP contribution < -0.4 is 11.1 Å². The molecule has 0 atom stereocenters. The molecule has 7 heteroatoms. The third-order valence-electron chi connectivity index (χ3n) is 4.90. The lowest BCUT2D eigenvalue weighted by molar-refractivity contribution is 0.0940. The smallest absolute Gasteiger partial charge is 0.284 e. The van der Waals surface area contributed by atoms with Crippen LogP contribution >= 0.6 is 0 Å². The first kappa shape index (κ1) is 17.1. The largest absolute Gasteiger partial charge is 0.451 e. The van der Waals surface area contributed by atoms with Crippen molar-refractivity contribution in [3.05, 3.63) is 66.2 Å². The van der Waals surface area contributed by atoms with Crippen LogP contribution in [0.3, 0.4) is 0 Å². The lowest BCUT2D eigenvalue weighted by atomic mass is 10.1. The molecule has 2 amide bonds. The maximum atomic E-state index is 12.6. The van der Waals surface area contributed by atoms with E-state index in [1.54, 1.807) is 30.5 Å². The van der Waals surface area contributed by atoms with E-state index in [1.807, 2.05) is 23.0 Å². The third-order valence-corrected chi connectivity index (χ3v) is 4.90. The maximum absolute atomic E-state index is 12.6. The van der Waals surface area contributed by atoms with E-state index in [2.05, 4.69) is 10.4 Å². The highest BCUT2D eigenvalue weighted by Crippen LogP contribution is 2.46. The van der Waals surface area contributed by atoms with Gasteiger partial charge in [0.2, 0.25) is 0 Å². The molecule has 2 heterocycles. The van der Waals surface area contributed by atoms with Crippen LogP contribution in [0, 0.1) is 5.41 Å². The summed E-state index contributed by atoms with van der Waals surface area (Å²) in [5, 5.41) is 7.28. The number of hydrogen-bond acceptors (Lipinski definition) is 4. The summed E-state index contributed by atoms with van der Waals surface area (Å²) in [5.74, 6) is -0.169. The number of amides is 2. The average Bonchev–Trinajstić information content (AvgIpc) is 3.05. The van der Waals surface area contributed by atoms with Crippen molar-refractivity contribution in [1.29, 1.82) is 0 Å². The van der Waals surface area contributed by atoms with Crippen LogP contribution in [0.1, 0.15) is 33.8 Å². The summed E-state index contributed by atoms with van der Waals surface area (Å²) >= 11 is 0. The van der Waals surface area contributed by atoms with E-state index in [1.165, 1.54) is 6.07 Å². The molecular formula is C20H20N4O3. The summed E-state index contributed by atoms with van der Waals surface area (Å²) in [6.07, 6.45) is 5.86. The van der Waals surface area contributed by atoms with Crippen molar-refractivity contribution in [2.24, 2.45) is 11.1 Å². The minimum Gasteiger partial charge on any atom is -0.451 e. The first-order valence-corrected chi connectivity index (χ1v) is 8.80. The van der Waals surface area contributed by atoms with Gasteiger partial charge in [0.05, 0.1) is 0 Å². The van der Waals surface area contributed by atoms with Crippen molar-refractivity contribution in [2.75, 3.05) is 6.54 Å². The lowest BCUT2D eigenvalue weighted by Crippen LogP contribution is -2.32. The number of furan rings is 1. The van der Waals surface area contributed by atoms with Crippen LogP contribution in [0.4, 0.5) is 0 Å². The Hall–Kier alpha value is -3.35. The molecule has 2 aromatic heterocycles. The number of benzene rings is 1. The number of hydrogen-bond donors (Lipinski definition) is 2. The van der Waals surface area contributed by atoms with Crippen molar-refractivity contribution >= 4 is 11.8 Å². The van der Waals surface area contributed by atoms with Gasteiger partial charge in [0, 0.05) is 42.0 Å². The summed E-state index contributed by atoms with van der Waals surface area (Å²) < 4.78 is 7.34. The fraction of sp³-hybridized carbons (Fsp3) is 0.250. The zero-order chi connectivity index (χ0) is 18.9. The number of nitrogens with one attached hydrogen (secondary N) is 1. The van der Waals surface area contributed by atoms with Gasteiger partial charge in [-0.15, -0.1) is 0 Å². The number of rotatable bonds is 7. The third kappa shape index (κ3) is 3.76. The number of nitrogens with two attached hydrogens (primary N) is 1. The SMILES string of the molecule is NC(=O)c1ccc(-c2cccc(C(=O)NCC3(Cn4cccn4)CC3)c2)o1. The molecule has 3 aromatic rings. The van der Waals surface area contributed by atoms with Gasteiger partial charge in [-0.2, -0.15) is 5.10 Å². The monoisotopic (exact) mass is 364 g/mol. The Labute approximate surface area is 156 Å². The summed E-state index contributed by atoms with van der Waals surface area (Å²) in [6.45, 7) is 1.42. The van der Waals surface area contributed by atoms with Crippen LogP contribution in [-0.2, 0) is 6.54 Å². The fourth-order valence-electron chi connectivity index (χ4n) is 3.11. The normalized spacial score (nSPS) is 14.7. The van der Waals surface area contributed by atoms with Gasteiger partial charge in [-0.3, -0.25) is 14.3 Å². The van der Waals surface area contributed by atoms with E-state index in [4.69, 9.17) is 10.2 Å². The quantitative estimate of drug-likeness (QED) is 0.672. The molecular weight excluding hydrogens is 344 g/mol. The molecule has 0 bridgehead atoms. The van der Waals surface area contributed by atoms with Crippen LogP contribution in [0.15, 0.2) is 59.3 Å². The summed E-state index contributed by atoms with van der Waals surface area (Å²) in [7, 11) is 0. The number of carbonyl (C=O) groups excluding carboxylic acids is 2. The first-order chi connectivity index (χ1) is 13.0. The van der Waals surface area contributed by atoms with E-state index in [0.717, 1.165) is 19.4 Å². The molecule has 0 saturated heterocycles. The Morgan fingerprint density at radius 2 is 2.07 bits per heavy atom. The molecule has 1 fully saturated rings. The van der Waals surface area contributed by atoms with Gasteiger partial charge >= 0.3 is 0 Å². The predicted octanol–water partition coefficient (Wildman–Crippen LogP) is 2.45. The molecule has 1 saturated carbocycles. The highest BCUT2D eigenvalue weighted by atomic mass is 16.3. The van der Waals surface area contributed by atoms with Gasteiger partial charge in [-0.05, 0) is 43.2 Å². The van der Waals surface area contributed by atoms with E-state index in [-0.39, 0.29) is 17.1 Å². The molecule has 4 rings (SSSR count). The molecule has 1 aliphatic carbocycles.